The van der Waals surface area contributed by atoms with Gasteiger partial charge in [0.25, 0.3) is 0 Å². The fraction of sp³-hybridized carbons (Fsp3) is 0.158. The lowest BCUT2D eigenvalue weighted by molar-refractivity contribution is 0.102. The summed E-state index contributed by atoms with van der Waals surface area (Å²) in [6.45, 7) is 1.81. The molecule has 0 fully saturated rings. The molecule has 0 aromatic heterocycles. The first-order chi connectivity index (χ1) is 10.1. The van der Waals surface area contributed by atoms with Gasteiger partial charge in [-0.1, -0.05) is 48.5 Å². The topological polar surface area (TPSA) is 29.5 Å². The average Bonchev–Trinajstić information content (AvgIpc) is 2.54. The summed E-state index contributed by atoms with van der Waals surface area (Å²) in [7, 11) is 1.63. The molecule has 3 aromatic carbocycles. The maximum atomic E-state index is 11.0. The van der Waals surface area contributed by atoms with Crippen molar-refractivity contribution in [2.75, 3.05) is 7.11 Å². The van der Waals surface area contributed by atoms with E-state index < -0.39 is 5.60 Å². The van der Waals surface area contributed by atoms with E-state index in [4.69, 9.17) is 4.74 Å². The number of ether oxygens (including phenoxy) is 1. The van der Waals surface area contributed by atoms with E-state index in [2.05, 4.69) is 12.1 Å². The molecule has 0 amide bonds. The van der Waals surface area contributed by atoms with Gasteiger partial charge in [-0.05, 0) is 47.0 Å². The molecule has 0 heterocycles. The van der Waals surface area contributed by atoms with Crippen LogP contribution in [0.3, 0.4) is 0 Å². The minimum Gasteiger partial charge on any atom is -0.497 e. The third-order valence-electron chi connectivity index (χ3n) is 3.94. The Bertz CT molecular complexity index is 775. The molecule has 0 aliphatic heterocycles. The molecule has 1 N–H and O–H groups in total. The van der Waals surface area contributed by atoms with Crippen molar-refractivity contribution < 1.29 is 9.84 Å². The van der Waals surface area contributed by atoms with E-state index >= 15 is 0 Å². The van der Waals surface area contributed by atoms with Gasteiger partial charge in [0, 0.05) is 0 Å². The predicted octanol–water partition coefficient (Wildman–Crippen LogP) is 4.10. The minimum absolute atomic E-state index is 0.744. The number of benzene rings is 3. The van der Waals surface area contributed by atoms with Crippen molar-refractivity contribution in [3.8, 4) is 5.75 Å². The number of fused-ring (bicyclic) bond motifs is 1. The fourth-order valence-corrected chi connectivity index (χ4v) is 2.58. The van der Waals surface area contributed by atoms with Gasteiger partial charge in [-0.2, -0.15) is 0 Å². The first-order valence-electron chi connectivity index (χ1n) is 6.97. The van der Waals surface area contributed by atoms with Crippen molar-refractivity contribution in [1.29, 1.82) is 0 Å². The van der Waals surface area contributed by atoms with Gasteiger partial charge < -0.3 is 9.84 Å². The molecule has 3 aromatic rings. The highest BCUT2D eigenvalue weighted by atomic mass is 16.5. The number of hydrogen-bond donors (Lipinski definition) is 1. The largest absolute Gasteiger partial charge is 0.497 e. The van der Waals surface area contributed by atoms with E-state index in [9.17, 15) is 5.11 Å². The fourth-order valence-electron chi connectivity index (χ4n) is 2.58. The van der Waals surface area contributed by atoms with Crippen LogP contribution in [0.2, 0.25) is 0 Å². The summed E-state index contributed by atoms with van der Waals surface area (Å²) >= 11 is 0. The predicted molar refractivity (Wildman–Crippen MR) is 85.6 cm³/mol. The molecule has 3 rings (SSSR count). The smallest absolute Gasteiger partial charge is 0.119 e. The van der Waals surface area contributed by atoms with E-state index in [1.54, 1.807) is 7.11 Å². The molecule has 0 saturated carbocycles. The van der Waals surface area contributed by atoms with Gasteiger partial charge in [0.2, 0.25) is 0 Å². The van der Waals surface area contributed by atoms with E-state index in [-0.39, 0.29) is 0 Å². The van der Waals surface area contributed by atoms with Crippen molar-refractivity contribution in [2.45, 2.75) is 12.5 Å². The Balaban J connectivity index is 2.09. The zero-order valence-corrected chi connectivity index (χ0v) is 12.2. The first-order valence-corrected chi connectivity index (χ1v) is 6.97. The molecule has 2 heteroatoms. The third-order valence-corrected chi connectivity index (χ3v) is 3.94. The Morgan fingerprint density at radius 2 is 1.52 bits per heavy atom. The Morgan fingerprint density at radius 3 is 2.29 bits per heavy atom. The van der Waals surface area contributed by atoms with Crippen molar-refractivity contribution in [2.24, 2.45) is 0 Å². The Morgan fingerprint density at radius 1 is 0.810 bits per heavy atom. The Hall–Kier alpha value is -2.32. The lowest BCUT2D eigenvalue weighted by atomic mass is 9.87. The van der Waals surface area contributed by atoms with Gasteiger partial charge in [-0.3, -0.25) is 0 Å². The molecule has 2 nitrogen and oxygen atoms in total. The lowest BCUT2D eigenvalue weighted by Gasteiger charge is -2.25. The summed E-state index contributed by atoms with van der Waals surface area (Å²) in [6.07, 6.45) is 0. The second-order valence-electron chi connectivity index (χ2n) is 5.37. The van der Waals surface area contributed by atoms with Gasteiger partial charge in [0.1, 0.15) is 11.4 Å². The summed E-state index contributed by atoms with van der Waals surface area (Å²) in [5, 5.41) is 13.3. The number of methoxy groups -OCH3 is 1. The Kier molecular flexibility index (Phi) is 3.40. The molecule has 1 unspecified atom stereocenters. The quantitative estimate of drug-likeness (QED) is 0.781. The number of hydrogen-bond acceptors (Lipinski definition) is 2. The van der Waals surface area contributed by atoms with Crippen molar-refractivity contribution in [3.63, 3.8) is 0 Å². The average molecular weight is 278 g/mol. The van der Waals surface area contributed by atoms with E-state index in [0.29, 0.717) is 0 Å². The molecular weight excluding hydrogens is 260 g/mol. The zero-order chi connectivity index (χ0) is 14.9. The minimum atomic E-state index is -1.06. The first kappa shape index (κ1) is 13.7. The van der Waals surface area contributed by atoms with Crippen molar-refractivity contribution >= 4 is 10.8 Å². The van der Waals surface area contributed by atoms with E-state index in [1.807, 2.05) is 61.5 Å². The van der Waals surface area contributed by atoms with Crippen LogP contribution in [0.5, 0.6) is 5.75 Å². The second-order valence-corrected chi connectivity index (χ2v) is 5.37. The van der Waals surface area contributed by atoms with E-state index in [0.717, 1.165) is 22.3 Å². The summed E-state index contributed by atoms with van der Waals surface area (Å²) in [4.78, 5) is 0. The molecule has 1 atom stereocenters. The van der Waals surface area contributed by atoms with Gasteiger partial charge in [0.15, 0.2) is 0 Å². The molecule has 106 valence electrons. The van der Waals surface area contributed by atoms with Crippen LogP contribution in [0, 0.1) is 0 Å². The highest BCUT2D eigenvalue weighted by molar-refractivity contribution is 5.83. The molecule has 0 aliphatic rings. The van der Waals surface area contributed by atoms with Crippen LogP contribution < -0.4 is 4.74 Å². The normalized spacial score (nSPS) is 13.9. The summed E-state index contributed by atoms with van der Waals surface area (Å²) in [5.41, 5.74) is 0.630. The van der Waals surface area contributed by atoms with Crippen molar-refractivity contribution in [3.05, 3.63) is 77.9 Å². The van der Waals surface area contributed by atoms with Crippen LogP contribution in [0.25, 0.3) is 10.8 Å². The van der Waals surface area contributed by atoms with Crippen LogP contribution >= 0.6 is 0 Å². The van der Waals surface area contributed by atoms with E-state index in [1.165, 1.54) is 5.39 Å². The van der Waals surface area contributed by atoms with Crippen LogP contribution in [0.4, 0.5) is 0 Å². The zero-order valence-electron chi connectivity index (χ0n) is 12.2. The monoisotopic (exact) mass is 278 g/mol. The molecule has 21 heavy (non-hydrogen) atoms. The maximum Gasteiger partial charge on any atom is 0.119 e. The third kappa shape index (κ3) is 2.50. The van der Waals surface area contributed by atoms with Gasteiger partial charge >= 0.3 is 0 Å². The van der Waals surface area contributed by atoms with Gasteiger partial charge in [-0.25, -0.2) is 0 Å². The van der Waals surface area contributed by atoms with Crippen LogP contribution in [0.15, 0.2) is 66.7 Å². The summed E-state index contributed by atoms with van der Waals surface area (Å²) in [6, 6.07) is 21.8. The highest BCUT2D eigenvalue weighted by Crippen LogP contribution is 2.32. The number of aliphatic hydroxyl groups is 1. The molecule has 0 aliphatic carbocycles. The SMILES string of the molecule is COc1cccc(C(C)(O)c2ccc3ccccc3c2)c1. The molecular formula is C19H18O2. The van der Waals surface area contributed by atoms with Crippen LogP contribution in [-0.2, 0) is 5.60 Å². The standard InChI is InChI=1S/C19H18O2/c1-19(20,16-8-5-9-18(13-16)21-2)17-11-10-14-6-3-4-7-15(14)12-17/h3-13,20H,1-2H3. The van der Waals surface area contributed by atoms with Crippen LogP contribution in [-0.4, -0.2) is 12.2 Å². The summed E-state index contributed by atoms with van der Waals surface area (Å²) in [5.74, 6) is 0.744. The van der Waals surface area contributed by atoms with Crippen molar-refractivity contribution in [1.82, 2.24) is 0 Å². The second kappa shape index (κ2) is 5.23. The molecule has 0 saturated heterocycles. The number of rotatable bonds is 3. The lowest BCUT2D eigenvalue weighted by Crippen LogP contribution is -2.22. The highest BCUT2D eigenvalue weighted by Gasteiger charge is 2.26. The van der Waals surface area contributed by atoms with Gasteiger partial charge in [-0.15, -0.1) is 0 Å². The molecule has 0 bridgehead atoms. The Labute approximate surface area is 124 Å². The maximum absolute atomic E-state index is 11.0. The van der Waals surface area contributed by atoms with Gasteiger partial charge in [0.05, 0.1) is 7.11 Å². The van der Waals surface area contributed by atoms with Crippen LogP contribution in [0.1, 0.15) is 18.1 Å². The molecule has 0 spiro atoms. The molecule has 0 radical (unpaired) electrons. The summed E-state index contributed by atoms with van der Waals surface area (Å²) < 4.78 is 5.25.